The number of rotatable bonds is 8. The normalized spacial score (nSPS) is 27.7. The average molecular weight is 508 g/mol. The Morgan fingerprint density at radius 2 is 2.03 bits per heavy atom. The lowest BCUT2D eigenvalue weighted by atomic mass is 9.68. The van der Waals surface area contributed by atoms with Gasteiger partial charge in [0.25, 0.3) is 0 Å². The van der Waals surface area contributed by atoms with Crippen LogP contribution in [0.2, 0.25) is 0 Å². The average Bonchev–Trinajstić information content (AvgIpc) is 2.89. The first-order valence-electron chi connectivity index (χ1n) is 13.8. The molecule has 0 saturated carbocycles. The summed E-state index contributed by atoms with van der Waals surface area (Å²) in [6, 6.07) is 14.0. The van der Waals surface area contributed by atoms with Crippen molar-refractivity contribution < 1.29 is 14.6 Å². The number of amides is 1. The highest BCUT2D eigenvalue weighted by atomic mass is 16.5. The van der Waals surface area contributed by atoms with Gasteiger partial charge in [-0.1, -0.05) is 52.3 Å². The summed E-state index contributed by atoms with van der Waals surface area (Å²) < 4.78 is 5.37. The predicted octanol–water partition coefficient (Wildman–Crippen LogP) is 4.64. The highest BCUT2D eigenvalue weighted by Crippen LogP contribution is 2.40. The molecule has 2 heterocycles. The third-order valence-electron chi connectivity index (χ3n) is 9.30. The molecule has 5 atom stereocenters. The molecule has 2 aromatic carbocycles. The zero-order chi connectivity index (χ0) is 26.8. The molecule has 0 spiro atoms. The molecule has 0 aliphatic carbocycles. The number of piperidine rings is 1. The fourth-order valence-corrected chi connectivity index (χ4v) is 5.99. The first-order valence-corrected chi connectivity index (χ1v) is 13.8. The Kier molecular flexibility index (Phi) is 8.20. The first-order chi connectivity index (χ1) is 17.6. The Labute approximate surface area is 222 Å². The van der Waals surface area contributed by atoms with E-state index >= 15 is 0 Å². The molecule has 2 aromatic rings. The number of phenolic OH excluding ortho intramolecular Hbond substituents is 1. The van der Waals surface area contributed by atoms with E-state index in [2.05, 4.69) is 61.4 Å². The zero-order valence-corrected chi connectivity index (χ0v) is 23.4. The highest BCUT2D eigenvalue weighted by molar-refractivity contribution is 5.87. The number of hydrogen-bond acceptors (Lipinski definition) is 5. The fourth-order valence-electron chi connectivity index (χ4n) is 5.99. The van der Waals surface area contributed by atoms with Gasteiger partial charge in [0.15, 0.2) is 0 Å². The minimum atomic E-state index is -0.642. The summed E-state index contributed by atoms with van der Waals surface area (Å²) in [5.74, 6) is 2.07. The number of likely N-dealkylation sites (tertiary alicyclic amines) is 1. The summed E-state index contributed by atoms with van der Waals surface area (Å²) in [6.07, 6.45) is 2.70. The standard InChI is InChI=1S/C31H45N3O3/c1-7-21(2)28(20-34-14-13-30(4,22(3)19-34)25-9-8-10-26(35)16-25)33-29(36)31(5)17-23-11-12-27(37-6)15-24(23)18-32-31/h8-12,15-16,21-22,28,32,35H,7,13-14,17-20H2,1-6H3,(H,33,36)/t21-,22-,28+,30+,31+/m0/s1. The van der Waals surface area contributed by atoms with Gasteiger partial charge in [0.05, 0.1) is 12.6 Å². The Hall–Kier alpha value is -2.57. The van der Waals surface area contributed by atoms with Crippen LogP contribution in [0.3, 0.4) is 0 Å². The summed E-state index contributed by atoms with van der Waals surface area (Å²) in [5, 5.41) is 17.0. The molecule has 1 amide bonds. The third-order valence-corrected chi connectivity index (χ3v) is 9.30. The van der Waals surface area contributed by atoms with E-state index in [0.29, 0.717) is 30.6 Å². The van der Waals surface area contributed by atoms with Crippen molar-refractivity contribution in [1.29, 1.82) is 0 Å². The number of aromatic hydroxyl groups is 1. The molecule has 6 nitrogen and oxygen atoms in total. The SMILES string of the molecule is CC[C@H](C)[C@@H](CN1CC[C@@](C)(c2cccc(O)c2)[C@@H](C)C1)NC(=O)[C@@]1(C)Cc2ccc(OC)cc2CN1. The van der Waals surface area contributed by atoms with Gasteiger partial charge in [-0.2, -0.15) is 0 Å². The molecule has 37 heavy (non-hydrogen) atoms. The summed E-state index contributed by atoms with van der Waals surface area (Å²) in [6.45, 7) is 14.6. The van der Waals surface area contributed by atoms with Crippen molar-refractivity contribution in [3.8, 4) is 11.5 Å². The second-order valence-electron chi connectivity index (χ2n) is 11.8. The van der Waals surface area contributed by atoms with Crippen LogP contribution < -0.4 is 15.4 Å². The van der Waals surface area contributed by atoms with Gasteiger partial charge in [-0.15, -0.1) is 0 Å². The largest absolute Gasteiger partial charge is 0.508 e. The summed E-state index contributed by atoms with van der Waals surface area (Å²) in [4.78, 5) is 16.2. The Balaban J connectivity index is 1.42. The number of carbonyl (C=O) groups is 1. The van der Waals surface area contributed by atoms with Crippen LogP contribution in [-0.2, 0) is 23.2 Å². The minimum Gasteiger partial charge on any atom is -0.508 e. The molecule has 6 heteroatoms. The van der Waals surface area contributed by atoms with Crippen LogP contribution in [0.5, 0.6) is 11.5 Å². The van der Waals surface area contributed by atoms with Crippen molar-refractivity contribution in [2.24, 2.45) is 11.8 Å². The van der Waals surface area contributed by atoms with Crippen molar-refractivity contribution in [3.63, 3.8) is 0 Å². The third kappa shape index (κ3) is 5.80. The first kappa shape index (κ1) is 27.5. The zero-order valence-electron chi connectivity index (χ0n) is 23.4. The van der Waals surface area contributed by atoms with Crippen LogP contribution in [0.15, 0.2) is 42.5 Å². The molecule has 1 saturated heterocycles. The number of fused-ring (bicyclic) bond motifs is 1. The maximum absolute atomic E-state index is 13.7. The van der Waals surface area contributed by atoms with Crippen molar-refractivity contribution in [2.75, 3.05) is 26.7 Å². The van der Waals surface area contributed by atoms with Gasteiger partial charge < -0.3 is 20.1 Å². The van der Waals surface area contributed by atoms with Crippen LogP contribution in [0, 0.1) is 11.8 Å². The molecule has 3 N–H and O–H groups in total. The van der Waals surface area contributed by atoms with Gasteiger partial charge in [0, 0.05) is 25.7 Å². The number of ether oxygens (including phenoxy) is 1. The van der Waals surface area contributed by atoms with Crippen LogP contribution in [0.25, 0.3) is 0 Å². The van der Waals surface area contributed by atoms with Gasteiger partial charge in [-0.3, -0.25) is 10.1 Å². The molecule has 0 bridgehead atoms. The van der Waals surface area contributed by atoms with E-state index < -0.39 is 5.54 Å². The maximum atomic E-state index is 13.7. The van der Waals surface area contributed by atoms with Gasteiger partial charge in [-0.05, 0) is 84.5 Å². The lowest BCUT2D eigenvalue weighted by Crippen LogP contribution is -2.62. The van der Waals surface area contributed by atoms with Crippen molar-refractivity contribution in [1.82, 2.24) is 15.5 Å². The van der Waals surface area contributed by atoms with Gasteiger partial charge in [-0.25, -0.2) is 0 Å². The van der Waals surface area contributed by atoms with Crippen LogP contribution >= 0.6 is 0 Å². The molecule has 202 valence electrons. The van der Waals surface area contributed by atoms with E-state index in [1.165, 1.54) is 16.7 Å². The van der Waals surface area contributed by atoms with Gasteiger partial charge in [0.1, 0.15) is 11.5 Å². The van der Waals surface area contributed by atoms with E-state index in [9.17, 15) is 9.90 Å². The number of methoxy groups -OCH3 is 1. The van der Waals surface area contributed by atoms with Crippen molar-refractivity contribution in [3.05, 3.63) is 59.2 Å². The van der Waals surface area contributed by atoms with E-state index in [1.807, 2.05) is 25.1 Å². The summed E-state index contributed by atoms with van der Waals surface area (Å²) >= 11 is 0. The lowest BCUT2D eigenvalue weighted by molar-refractivity contribution is -0.128. The fraction of sp³-hybridized carbons (Fsp3) is 0.581. The summed E-state index contributed by atoms with van der Waals surface area (Å²) in [7, 11) is 1.68. The lowest BCUT2D eigenvalue weighted by Gasteiger charge is -2.46. The van der Waals surface area contributed by atoms with E-state index in [1.54, 1.807) is 13.2 Å². The monoisotopic (exact) mass is 507 g/mol. The van der Waals surface area contributed by atoms with Crippen molar-refractivity contribution in [2.45, 2.75) is 77.4 Å². The van der Waals surface area contributed by atoms with Crippen LogP contribution in [-0.4, -0.2) is 54.2 Å². The molecule has 0 aromatic heterocycles. The second kappa shape index (κ2) is 11.0. The molecular formula is C31H45N3O3. The van der Waals surface area contributed by atoms with E-state index in [4.69, 9.17) is 4.74 Å². The Morgan fingerprint density at radius 1 is 1.24 bits per heavy atom. The molecule has 2 aliphatic heterocycles. The van der Waals surface area contributed by atoms with Gasteiger partial charge >= 0.3 is 0 Å². The Morgan fingerprint density at radius 3 is 2.70 bits per heavy atom. The molecule has 0 radical (unpaired) electrons. The quantitative estimate of drug-likeness (QED) is 0.486. The maximum Gasteiger partial charge on any atom is 0.240 e. The Bertz CT molecular complexity index is 1100. The number of nitrogens with zero attached hydrogens (tertiary/aromatic N) is 1. The highest BCUT2D eigenvalue weighted by Gasteiger charge is 2.41. The van der Waals surface area contributed by atoms with Crippen molar-refractivity contribution >= 4 is 5.91 Å². The van der Waals surface area contributed by atoms with Crippen LogP contribution in [0.1, 0.15) is 64.2 Å². The number of hydrogen-bond donors (Lipinski definition) is 3. The second-order valence-corrected chi connectivity index (χ2v) is 11.8. The molecule has 4 rings (SSSR count). The van der Waals surface area contributed by atoms with Gasteiger partial charge in [0.2, 0.25) is 5.91 Å². The van der Waals surface area contributed by atoms with E-state index in [0.717, 1.165) is 38.2 Å². The number of carbonyl (C=O) groups excluding carboxylic acids is 1. The molecule has 1 fully saturated rings. The minimum absolute atomic E-state index is 0.0277. The summed E-state index contributed by atoms with van der Waals surface area (Å²) in [5.41, 5.74) is 2.99. The molecular weight excluding hydrogens is 462 g/mol. The number of nitrogens with one attached hydrogen (secondary N) is 2. The number of phenols is 1. The topological polar surface area (TPSA) is 73.8 Å². The molecule has 0 unspecified atom stereocenters. The smallest absolute Gasteiger partial charge is 0.240 e. The predicted molar refractivity (Wildman–Crippen MR) is 149 cm³/mol. The number of benzene rings is 2. The molecule has 2 aliphatic rings. The van der Waals surface area contributed by atoms with Crippen LogP contribution in [0.4, 0.5) is 0 Å². The van der Waals surface area contributed by atoms with E-state index in [-0.39, 0.29) is 17.4 Å².